The Balaban J connectivity index is 1.66. The van der Waals surface area contributed by atoms with E-state index in [-0.39, 0.29) is 0 Å². The predicted octanol–water partition coefficient (Wildman–Crippen LogP) is 1.91. The van der Waals surface area contributed by atoms with Gasteiger partial charge in [0.2, 0.25) is 5.88 Å². The van der Waals surface area contributed by atoms with Gasteiger partial charge >= 0.3 is 0 Å². The zero-order chi connectivity index (χ0) is 17.4. The van der Waals surface area contributed by atoms with Crippen LogP contribution >= 0.6 is 0 Å². The maximum atomic E-state index is 5.13. The Morgan fingerprint density at radius 2 is 1.96 bits per heavy atom. The molecule has 1 N–H and O–H groups in total. The quantitative estimate of drug-likeness (QED) is 0.608. The van der Waals surface area contributed by atoms with E-state index < -0.39 is 0 Å². The van der Waals surface area contributed by atoms with Gasteiger partial charge < -0.3 is 10.1 Å². The Hall–Kier alpha value is -3.49. The Morgan fingerprint density at radius 3 is 2.80 bits per heavy atom. The minimum Gasteiger partial charge on any atom is -0.481 e. The van der Waals surface area contributed by atoms with Crippen molar-refractivity contribution in [3.63, 3.8) is 0 Å². The first kappa shape index (κ1) is 15.1. The van der Waals surface area contributed by atoms with Crippen LogP contribution in [-0.2, 0) is 14.1 Å². The Bertz CT molecular complexity index is 1050. The van der Waals surface area contributed by atoms with Gasteiger partial charge in [0.1, 0.15) is 17.3 Å². The van der Waals surface area contributed by atoms with E-state index in [1.165, 1.54) is 0 Å². The van der Waals surface area contributed by atoms with Gasteiger partial charge in [-0.2, -0.15) is 15.2 Å². The lowest BCUT2D eigenvalue weighted by Gasteiger charge is -2.05. The second-order valence-electron chi connectivity index (χ2n) is 5.46. The number of pyridine rings is 1. The van der Waals surface area contributed by atoms with Crippen LogP contribution in [0.4, 0.5) is 11.6 Å². The fourth-order valence-electron chi connectivity index (χ4n) is 2.50. The normalized spacial score (nSPS) is 11.0. The molecule has 126 valence electrons. The van der Waals surface area contributed by atoms with Crippen molar-refractivity contribution in [1.82, 2.24) is 34.5 Å². The molecular weight excluding hydrogens is 320 g/mol. The lowest BCUT2D eigenvalue weighted by molar-refractivity contribution is 0.397. The second-order valence-corrected chi connectivity index (χ2v) is 5.46. The SMILES string of the molecule is COc1ccnc(-c2cc(Nc3ccc4cnn(C)c4n3)n(C)n2)n1. The molecule has 0 bridgehead atoms. The molecule has 0 aliphatic rings. The van der Waals surface area contributed by atoms with Crippen LogP contribution in [0.5, 0.6) is 5.88 Å². The fourth-order valence-corrected chi connectivity index (χ4v) is 2.50. The molecule has 0 amide bonds. The number of aromatic nitrogens is 7. The zero-order valence-corrected chi connectivity index (χ0v) is 14.0. The van der Waals surface area contributed by atoms with Crippen molar-refractivity contribution in [2.75, 3.05) is 12.4 Å². The first-order valence-electron chi connectivity index (χ1n) is 7.61. The van der Waals surface area contributed by atoms with E-state index in [1.54, 1.807) is 34.9 Å². The molecule has 0 aliphatic heterocycles. The van der Waals surface area contributed by atoms with Crippen molar-refractivity contribution in [3.05, 3.63) is 36.7 Å². The number of aryl methyl sites for hydroxylation is 2. The topological polar surface area (TPSA) is 95.6 Å². The highest BCUT2D eigenvalue weighted by molar-refractivity contribution is 5.77. The lowest BCUT2D eigenvalue weighted by Crippen LogP contribution is -2.01. The van der Waals surface area contributed by atoms with Gasteiger partial charge in [-0.25, -0.2) is 9.97 Å². The summed E-state index contributed by atoms with van der Waals surface area (Å²) >= 11 is 0. The van der Waals surface area contributed by atoms with Gasteiger partial charge in [0.25, 0.3) is 0 Å². The van der Waals surface area contributed by atoms with E-state index in [1.807, 2.05) is 32.3 Å². The van der Waals surface area contributed by atoms with Gasteiger partial charge in [0.05, 0.1) is 13.3 Å². The minimum absolute atomic E-state index is 0.494. The standard InChI is InChI=1S/C16H16N8O/c1-23-13(8-11(22-23)15-17-7-6-14(21-15)25-3)19-12-5-4-10-9-18-24(2)16(10)20-12/h4-9H,1-3H3,(H,19,20). The molecule has 25 heavy (non-hydrogen) atoms. The summed E-state index contributed by atoms with van der Waals surface area (Å²) in [6.45, 7) is 0. The number of nitrogens with one attached hydrogen (secondary N) is 1. The number of nitrogens with zero attached hydrogens (tertiary/aromatic N) is 7. The minimum atomic E-state index is 0.494. The van der Waals surface area contributed by atoms with Crippen molar-refractivity contribution in [1.29, 1.82) is 0 Å². The number of fused-ring (bicyclic) bond motifs is 1. The summed E-state index contributed by atoms with van der Waals surface area (Å²) in [6, 6.07) is 7.43. The van der Waals surface area contributed by atoms with Gasteiger partial charge in [-0.1, -0.05) is 0 Å². The molecule has 0 unspecified atom stereocenters. The van der Waals surface area contributed by atoms with Crippen LogP contribution in [0.1, 0.15) is 0 Å². The van der Waals surface area contributed by atoms with E-state index in [2.05, 4.69) is 30.5 Å². The molecular formula is C16H16N8O. The number of rotatable bonds is 4. The second kappa shape index (κ2) is 5.86. The van der Waals surface area contributed by atoms with Gasteiger partial charge in [-0.05, 0) is 12.1 Å². The molecule has 0 aliphatic carbocycles. The summed E-state index contributed by atoms with van der Waals surface area (Å²) in [5.74, 6) is 2.47. The van der Waals surface area contributed by atoms with Gasteiger partial charge in [-0.3, -0.25) is 9.36 Å². The number of hydrogen-bond acceptors (Lipinski definition) is 7. The van der Waals surface area contributed by atoms with Gasteiger partial charge in [-0.15, -0.1) is 0 Å². The van der Waals surface area contributed by atoms with Crippen LogP contribution in [0.15, 0.2) is 36.7 Å². The summed E-state index contributed by atoms with van der Waals surface area (Å²) in [5, 5.41) is 12.9. The molecule has 9 heteroatoms. The highest BCUT2D eigenvalue weighted by Crippen LogP contribution is 2.23. The average molecular weight is 336 g/mol. The highest BCUT2D eigenvalue weighted by atomic mass is 16.5. The molecule has 4 aromatic heterocycles. The average Bonchev–Trinajstić information content (AvgIpc) is 3.18. The van der Waals surface area contributed by atoms with Crippen molar-refractivity contribution in [2.24, 2.45) is 14.1 Å². The van der Waals surface area contributed by atoms with Crippen molar-refractivity contribution < 1.29 is 4.74 Å². The van der Waals surface area contributed by atoms with E-state index in [0.29, 0.717) is 23.2 Å². The highest BCUT2D eigenvalue weighted by Gasteiger charge is 2.12. The molecule has 4 heterocycles. The van der Waals surface area contributed by atoms with E-state index in [9.17, 15) is 0 Å². The Kier molecular flexibility index (Phi) is 3.53. The van der Waals surface area contributed by atoms with Crippen LogP contribution in [0.2, 0.25) is 0 Å². The van der Waals surface area contributed by atoms with E-state index in [4.69, 9.17) is 4.74 Å². The number of ether oxygens (including phenoxy) is 1. The Labute approximate surface area is 143 Å². The zero-order valence-electron chi connectivity index (χ0n) is 14.0. The Morgan fingerprint density at radius 1 is 1.08 bits per heavy atom. The molecule has 0 fully saturated rings. The lowest BCUT2D eigenvalue weighted by atomic mass is 10.3. The van der Waals surface area contributed by atoms with Gasteiger partial charge in [0.15, 0.2) is 11.5 Å². The molecule has 0 radical (unpaired) electrons. The summed E-state index contributed by atoms with van der Waals surface area (Å²) < 4.78 is 8.58. The largest absolute Gasteiger partial charge is 0.481 e. The monoisotopic (exact) mass is 336 g/mol. The van der Waals surface area contributed by atoms with E-state index in [0.717, 1.165) is 16.9 Å². The fraction of sp³-hybridized carbons (Fsp3) is 0.188. The molecule has 9 nitrogen and oxygen atoms in total. The first-order chi connectivity index (χ1) is 12.1. The smallest absolute Gasteiger partial charge is 0.216 e. The van der Waals surface area contributed by atoms with E-state index >= 15 is 0 Å². The van der Waals surface area contributed by atoms with Crippen molar-refractivity contribution in [2.45, 2.75) is 0 Å². The summed E-state index contributed by atoms with van der Waals surface area (Å²) in [5.41, 5.74) is 1.45. The van der Waals surface area contributed by atoms with Crippen LogP contribution in [0.25, 0.3) is 22.6 Å². The van der Waals surface area contributed by atoms with Gasteiger partial charge in [0, 0.05) is 37.8 Å². The predicted molar refractivity (Wildman–Crippen MR) is 92.6 cm³/mol. The maximum absolute atomic E-state index is 5.13. The van der Waals surface area contributed by atoms with Crippen molar-refractivity contribution in [3.8, 4) is 17.4 Å². The number of methoxy groups -OCH3 is 1. The van der Waals surface area contributed by atoms with Crippen LogP contribution in [0, 0.1) is 0 Å². The molecule has 0 saturated heterocycles. The van der Waals surface area contributed by atoms with Crippen LogP contribution < -0.4 is 10.1 Å². The molecule has 4 aromatic rings. The third kappa shape index (κ3) is 2.75. The first-order valence-corrected chi connectivity index (χ1v) is 7.61. The molecule has 0 spiro atoms. The van der Waals surface area contributed by atoms with Crippen LogP contribution in [-0.4, -0.2) is 41.6 Å². The summed E-state index contributed by atoms with van der Waals surface area (Å²) in [7, 11) is 5.27. The number of anilines is 2. The number of hydrogen-bond donors (Lipinski definition) is 1. The molecule has 0 atom stereocenters. The maximum Gasteiger partial charge on any atom is 0.216 e. The summed E-state index contributed by atoms with van der Waals surface area (Å²) in [4.78, 5) is 13.1. The third-order valence-electron chi connectivity index (χ3n) is 3.79. The van der Waals surface area contributed by atoms with Crippen LogP contribution in [0.3, 0.4) is 0 Å². The summed E-state index contributed by atoms with van der Waals surface area (Å²) in [6.07, 6.45) is 3.43. The molecule has 4 rings (SSSR count). The molecule has 0 aromatic carbocycles. The third-order valence-corrected chi connectivity index (χ3v) is 3.79. The van der Waals surface area contributed by atoms with Crippen molar-refractivity contribution >= 4 is 22.7 Å². The molecule has 0 saturated carbocycles.